The Morgan fingerprint density at radius 3 is 2.26 bits per heavy atom. The van der Waals surface area contributed by atoms with Gasteiger partial charge in [-0.2, -0.15) is 0 Å². The van der Waals surface area contributed by atoms with Gasteiger partial charge in [0.25, 0.3) is 5.92 Å². The van der Waals surface area contributed by atoms with Crippen LogP contribution in [0.5, 0.6) is 0 Å². The molecule has 4 atom stereocenters. The first-order valence-electron chi connectivity index (χ1n) is 13.0. The van der Waals surface area contributed by atoms with Crippen molar-refractivity contribution < 1.29 is 18.3 Å². The molecule has 5 heteroatoms. The van der Waals surface area contributed by atoms with Gasteiger partial charge in [-0.05, 0) is 73.9 Å². The van der Waals surface area contributed by atoms with Gasteiger partial charge in [0.15, 0.2) is 8.32 Å². The standard InChI is InChI=1S/C26H48F2O2Si/c1-8-25(29,9-2)26(27,28)19-17-20(6)21-15-16-22-23(14-13-18-24(21,22)7)30-31(10-3,11-4)12-5/h15,20,22-23,29H,8-14,16-19H2,1-7H3/t20-,22+,23+,24-/m1/s1. The number of rotatable bonds is 12. The highest BCUT2D eigenvalue weighted by atomic mass is 28.4. The normalized spacial score (nSPS) is 28.4. The van der Waals surface area contributed by atoms with Crippen molar-refractivity contribution in [1.82, 2.24) is 0 Å². The fourth-order valence-electron chi connectivity index (χ4n) is 6.50. The topological polar surface area (TPSA) is 29.5 Å². The van der Waals surface area contributed by atoms with Crippen molar-refractivity contribution in [1.29, 1.82) is 0 Å². The zero-order valence-electron chi connectivity index (χ0n) is 21.2. The molecule has 2 aliphatic carbocycles. The van der Waals surface area contributed by atoms with Gasteiger partial charge in [-0.25, -0.2) is 8.78 Å². The van der Waals surface area contributed by atoms with Crippen LogP contribution in [0, 0.1) is 17.3 Å². The average Bonchev–Trinajstić information content (AvgIpc) is 3.13. The molecule has 2 nitrogen and oxygen atoms in total. The van der Waals surface area contributed by atoms with Crippen LogP contribution in [0.15, 0.2) is 11.6 Å². The van der Waals surface area contributed by atoms with Crippen molar-refractivity contribution in [3.8, 4) is 0 Å². The maximum absolute atomic E-state index is 14.8. The van der Waals surface area contributed by atoms with E-state index in [9.17, 15) is 13.9 Å². The molecule has 1 N–H and O–H groups in total. The molecule has 0 saturated heterocycles. The maximum atomic E-state index is 14.8. The highest BCUT2D eigenvalue weighted by Gasteiger charge is 2.52. The second kappa shape index (κ2) is 10.3. The molecule has 0 bridgehead atoms. The molecule has 0 amide bonds. The first-order valence-corrected chi connectivity index (χ1v) is 15.5. The predicted octanol–water partition coefficient (Wildman–Crippen LogP) is 8.12. The number of fused-ring (bicyclic) bond motifs is 1. The van der Waals surface area contributed by atoms with Crippen molar-refractivity contribution in [3.05, 3.63) is 11.6 Å². The van der Waals surface area contributed by atoms with Crippen LogP contribution in [0.3, 0.4) is 0 Å². The molecule has 0 unspecified atom stereocenters. The number of allylic oxidation sites excluding steroid dienone is 2. The summed E-state index contributed by atoms with van der Waals surface area (Å²) in [7, 11) is -1.67. The summed E-state index contributed by atoms with van der Waals surface area (Å²) in [5.41, 5.74) is -0.449. The van der Waals surface area contributed by atoms with Crippen molar-refractivity contribution in [2.45, 2.75) is 136 Å². The van der Waals surface area contributed by atoms with E-state index in [2.05, 4.69) is 40.7 Å². The molecule has 2 rings (SSSR count). The summed E-state index contributed by atoms with van der Waals surface area (Å²) < 4.78 is 36.6. The number of hydrogen-bond acceptors (Lipinski definition) is 2. The van der Waals surface area contributed by atoms with E-state index in [1.54, 1.807) is 13.8 Å². The van der Waals surface area contributed by atoms with E-state index in [4.69, 9.17) is 4.43 Å². The van der Waals surface area contributed by atoms with Gasteiger partial charge in [-0.15, -0.1) is 0 Å². The minimum Gasteiger partial charge on any atom is -0.414 e. The highest BCUT2D eigenvalue weighted by Crippen LogP contribution is 2.56. The van der Waals surface area contributed by atoms with Gasteiger partial charge >= 0.3 is 0 Å². The Morgan fingerprint density at radius 2 is 1.74 bits per heavy atom. The zero-order valence-corrected chi connectivity index (χ0v) is 22.2. The fraction of sp³-hybridized carbons (Fsp3) is 0.923. The zero-order chi connectivity index (χ0) is 23.5. The van der Waals surface area contributed by atoms with Gasteiger partial charge < -0.3 is 9.53 Å². The average molecular weight is 459 g/mol. The SMILES string of the molecule is CCC(O)(CC)C(F)(F)CC[C@@H](C)C1=CC[C@H]2[C@@H](O[Si](CC)(CC)CC)CCC[C@]12C. The Bertz CT molecular complexity index is 604. The Balaban J connectivity index is 2.11. The molecular formula is C26H48F2O2Si. The van der Waals surface area contributed by atoms with Gasteiger partial charge in [0.2, 0.25) is 0 Å². The number of alkyl halides is 2. The lowest BCUT2D eigenvalue weighted by Gasteiger charge is -2.48. The van der Waals surface area contributed by atoms with Crippen molar-refractivity contribution in [2.24, 2.45) is 17.3 Å². The summed E-state index contributed by atoms with van der Waals surface area (Å²) in [4.78, 5) is 0. The third-order valence-corrected chi connectivity index (χ3v) is 14.0. The molecule has 0 aromatic rings. The Kier molecular flexibility index (Phi) is 9.00. The summed E-state index contributed by atoms with van der Waals surface area (Å²) in [5, 5.41) is 10.4. The van der Waals surface area contributed by atoms with Crippen LogP contribution in [-0.4, -0.2) is 31.1 Å². The summed E-state index contributed by atoms with van der Waals surface area (Å²) in [5.74, 6) is -2.45. The first kappa shape index (κ1) is 27.0. The van der Waals surface area contributed by atoms with Crippen molar-refractivity contribution in [2.75, 3.05) is 0 Å². The van der Waals surface area contributed by atoms with Gasteiger partial charge in [0.05, 0.1) is 0 Å². The van der Waals surface area contributed by atoms with Crippen LogP contribution in [0.1, 0.15) is 99.8 Å². The Hall–Kier alpha value is -0.263. The van der Waals surface area contributed by atoms with Gasteiger partial charge in [-0.1, -0.05) is 66.5 Å². The lowest BCUT2D eigenvalue weighted by molar-refractivity contribution is -0.189. The lowest BCUT2D eigenvalue weighted by atomic mass is 9.63. The smallest absolute Gasteiger partial charge is 0.276 e. The van der Waals surface area contributed by atoms with Gasteiger partial charge in [-0.3, -0.25) is 0 Å². The minimum absolute atomic E-state index is 0.0683. The molecule has 182 valence electrons. The van der Waals surface area contributed by atoms with Gasteiger partial charge in [0.1, 0.15) is 5.60 Å². The second-order valence-electron chi connectivity index (χ2n) is 10.6. The fourth-order valence-corrected chi connectivity index (χ4v) is 9.43. The molecule has 0 aromatic heterocycles. The largest absolute Gasteiger partial charge is 0.414 e. The van der Waals surface area contributed by atoms with Crippen molar-refractivity contribution in [3.63, 3.8) is 0 Å². The molecule has 0 spiro atoms. The first-order chi connectivity index (χ1) is 14.5. The predicted molar refractivity (Wildman–Crippen MR) is 129 cm³/mol. The van der Waals surface area contributed by atoms with Crippen molar-refractivity contribution >= 4 is 8.32 Å². The van der Waals surface area contributed by atoms with Crippen LogP contribution in [0.25, 0.3) is 0 Å². The van der Waals surface area contributed by atoms with Crippen LogP contribution >= 0.6 is 0 Å². The van der Waals surface area contributed by atoms with E-state index in [1.807, 2.05) is 0 Å². The quantitative estimate of drug-likeness (QED) is 0.236. The molecule has 0 aromatic carbocycles. The van der Waals surface area contributed by atoms with E-state index in [-0.39, 0.29) is 30.6 Å². The molecule has 1 saturated carbocycles. The Morgan fingerprint density at radius 1 is 1.16 bits per heavy atom. The second-order valence-corrected chi connectivity index (χ2v) is 15.3. The molecule has 0 radical (unpaired) electrons. The molecule has 31 heavy (non-hydrogen) atoms. The highest BCUT2D eigenvalue weighted by molar-refractivity contribution is 6.73. The van der Waals surface area contributed by atoms with Crippen LogP contribution in [0.4, 0.5) is 8.78 Å². The monoisotopic (exact) mass is 458 g/mol. The summed E-state index contributed by atoms with van der Waals surface area (Å²) in [6, 6.07) is 3.51. The lowest BCUT2D eigenvalue weighted by Crippen LogP contribution is -2.48. The number of hydrogen-bond donors (Lipinski definition) is 1. The van der Waals surface area contributed by atoms with E-state index >= 15 is 0 Å². The van der Waals surface area contributed by atoms with E-state index < -0.39 is 19.8 Å². The third-order valence-electron chi connectivity index (χ3n) is 9.31. The molecule has 0 heterocycles. The van der Waals surface area contributed by atoms with E-state index in [1.165, 1.54) is 23.7 Å². The van der Waals surface area contributed by atoms with Crippen LogP contribution in [-0.2, 0) is 4.43 Å². The summed E-state index contributed by atoms with van der Waals surface area (Å²) >= 11 is 0. The number of halogens is 2. The van der Waals surface area contributed by atoms with E-state index in [0.29, 0.717) is 18.4 Å². The summed E-state index contributed by atoms with van der Waals surface area (Å²) in [6.45, 7) is 14.6. The Labute approximate surface area is 191 Å². The molecule has 1 fully saturated rings. The van der Waals surface area contributed by atoms with Crippen LogP contribution in [0.2, 0.25) is 18.1 Å². The minimum atomic E-state index is -3.04. The summed E-state index contributed by atoms with van der Waals surface area (Å²) in [6.07, 6.45) is 7.48. The maximum Gasteiger partial charge on any atom is 0.276 e. The van der Waals surface area contributed by atoms with E-state index in [0.717, 1.165) is 25.7 Å². The third kappa shape index (κ3) is 5.14. The van der Waals surface area contributed by atoms with Gasteiger partial charge in [0, 0.05) is 12.5 Å². The molecule has 0 aliphatic heterocycles. The van der Waals surface area contributed by atoms with Crippen LogP contribution < -0.4 is 0 Å². The molecule has 2 aliphatic rings. The molecular weight excluding hydrogens is 410 g/mol. The number of aliphatic hydroxyl groups is 1.